The third-order valence-electron chi connectivity index (χ3n) is 26.6. The number of aromatic nitrogens is 13. The van der Waals surface area contributed by atoms with Crippen LogP contribution in [-0.2, 0) is 58.7 Å². The summed E-state index contributed by atoms with van der Waals surface area (Å²) in [5.41, 5.74) is -3.48. The fraction of sp³-hybridized carbons (Fsp3) is 0.606. The molecule has 0 spiro atoms. The average molecular weight is 1940 g/mol. The number of carbonyl (C=O) groups is 11. The summed E-state index contributed by atoms with van der Waals surface area (Å²) in [4.78, 5) is 158. The molecule has 138 heavy (non-hydrogen) atoms. The number of rotatable bonds is 13. The third-order valence-corrected chi connectivity index (χ3v) is 27.3. The summed E-state index contributed by atoms with van der Waals surface area (Å²) in [6, 6.07) is 12.2. The van der Waals surface area contributed by atoms with Crippen molar-refractivity contribution in [3.63, 3.8) is 0 Å². The summed E-state index contributed by atoms with van der Waals surface area (Å²) in [6.07, 6.45) is 12.8. The Kier molecular flexibility index (Phi) is 31.2. The second kappa shape index (κ2) is 42.5. The quantitative estimate of drug-likeness (QED) is 0.0379. The average Bonchev–Trinajstić information content (AvgIpc) is 1.59. The molecule has 744 valence electrons. The maximum absolute atomic E-state index is 14.1. The van der Waals surface area contributed by atoms with E-state index in [0.717, 1.165) is 112 Å². The maximum atomic E-state index is 14.1. The lowest BCUT2D eigenvalue weighted by Crippen LogP contribution is -2.58. The van der Waals surface area contributed by atoms with Crippen molar-refractivity contribution in [2.24, 2.45) is 17.8 Å². The van der Waals surface area contributed by atoms with Gasteiger partial charge in [0.2, 0.25) is 47.0 Å². The van der Waals surface area contributed by atoms with E-state index < -0.39 is 171 Å². The Labute approximate surface area is 799 Å². The minimum absolute atomic E-state index is 0.0138. The number of carbonyl (C=O) groups excluding carboxylic acids is 8. The molecule has 3 saturated carbocycles. The second-order valence-corrected chi connectivity index (χ2v) is 41.1. The summed E-state index contributed by atoms with van der Waals surface area (Å²) in [5.74, 6) is -5.88. The van der Waals surface area contributed by atoms with Gasteiger partial charge in [0, 0.05) is 55.7 Å². The van der Waals surface area contributed by atoms with Gasteiger partial charge in [0.15, 0.2) is 0 Å². The molecule has 8 amide bonds. The van der Waals surface area contributed by atoms with E-state index in [1.54, 1.807) is 103 Å². The molecule has 16 atom stereocenters. The van der Waals surface area contributed by atoms with E-state index in [9.17, 15) is 86.3 Å². The van der Waals surface area contributed by atoms with Crippen molar-refractivity contribution < 1.29 is 101 Å². The van der Waals surface area contributed by atoms with Gasteiger partial charge in [-0.1, -0.05) is 132 Å². The van der Waals surface area contributed by atoms with Gasteiger partial charge >= 0.3 is 42.4 Å². The first-order valence-electron chi connectivity index (χ1n) is 47.4. The molecule has 0 bridgehead atoms. The predicted octanol–water partition coefficient (Wildman–Crippen LogP) is 10.9. The molecule has 5 aromatic heterocycles. The van der Waals surface area contributed by atoms with Crippen molar-refractivity contribution in [2.45, 2.75) is 323 Å². The number of carboxylic acids is 3. The highest BCUT2D eigenvalue weighted by Crippen LogP contribution is 2.51. The highest BCUT2D eigenvalue weighted by atomic mass is 32.1. The largest absolute Gasteiger partial charge is 0.479 e. The van der Waals surface area contributed by atoms with E-state index in [4.69, 9.17) is 14.2 Å². The number of tetrazole rings is 3. The van der Waals surface area contributed by atoms with Crippen LogP contribution in [0.25, 0.3) is 45.4 Å². The molecule has 6 aliphatic heterocycles. The van der Waals surface area contributed by atoms with Gasteiger partial charge in [-0.25, -0.2) is 28.8 Å². The minimum atomic E-state index is -4.51. The number of ether oxygens (including phenoxy) is 3. The number of nitrogens with one attached hydrogen (secondary N) is 6. The van der Waals surface area contributed by atoms with E-state index in [1.807, 2.05) is 41.8 Å². The number of amides is 8. The van der Waals surface area contributed by atoms with Crippen LogP contribution >= 0.6 is 11.3 Å². The molecule has 10 N–H and O–H groups in total. The lowest BCUT2D eigenvalue weighted by molar-refractivity contribution is -0.146. The molecule has 2 aromatic carbocycles. The van der Waals surface area contributed by atoms with E-state index in [2.05, 4.69) is 94.6 Å². The van der Waals surface area contributed by atoms with Crippen LogP contribution in [0.1, 0.15) is 247 Å². The Bertz CT molecular complexity index is 5530. The van der Waals surface area contributed by atoms with Gasteiger partial charge < -0.3 is 76.3 Å². The van der Waals surface area contributed by atoms with Gasteiger partial charge in [0.05, 0.1) is 35.8 Å². The summed E-state index contributed by atoms with van der Waals surface area (Å²) in [6.45, 7) is 15.8. The molecular weight excluding hydrogens is 1810 g/mol. The highest BCUT2D eigenvalue weighted by Gasteiger charge is 2.65. The molecule has 0 radical (unpaired) electrons. The van der Waals surface area contributed by atoms with Crippen molar-refractivity contribution in [3.8, 4) is 45.4 Å². The molecule has 3 aliphatic carbocycles. The van der Waals surface area contributed by atoms with Crippen molar-refractivity contribution >= 4 is 77.1 Å². The highest BCUT2D eigenvalue weighted by molar-refractivity contribution is 7.08. The van der Waals surface area contributed by atoms with Gasteiger partial charge in [-0.3, -0.25) is 33.9 Å². The first-order chi connectivity index (χ1) is 65.5. The number of aliphatic carboxylic acids is 3. The molecule has 1 unspecified atom stereocenters. The molecule has 8 fully saturated rings. The lowest BCUT2D eigenvalue weighted by atomic mass is 10.0. The predicted molar refractivity (Wildman–Crippen MR) is 491 cm³/mol. The molecule has 16 rings (SSSR count). The van der Waals surface area contributed by atoms with E-state index in [0.29, 0.717) is 68.7 Å². The van der Waals surface area contributed by atoms with Crippen LogP contribution in [0.4, 0.5) is 27.6 Å². The minimum Gasteiger partial charge on any atom is -0.479 e. The number of thiophene rings is 1. The number of hydrogen-bond donors (Lipinski definition) is 10. The van der Waals surface area contributed by atoms with Crippen LogP contribution in [0.15, 0.2) is 102 Å². The SMILES string of the molecule is CC(C)(C)OC(=O)N[C@@H]1CCCCC/C=C\[C@@H]2C[C@]2(C(=O)O)NC(=O)[C@@H]2C[C@H](n3nnc(-c4ccccn4)n3)CN2C1=O.CC(C)(C)OC(=O)N[C@@H]1CCCCCCC[C@@H]2C[C@]2(C(=O)O)NC(=O)[C@@H]2CC(n3nnc(-c4ccc(C(F)(F)F)cc4)n3)CN2C1=O.CC(C)(C)OC(=O)N[C@@H]1CCCCCCC[C@@H]2C[C@]2(C(=O)O)NC(=O)[C@@H]2C[C@H](n3nnc(-c4ccc(-c5ccsc5)cc4)n3)CN2[C@@H]1O. The molecule has 9 aliphatic rings. The number of hydrogen-bond acceptors (Lipinski definition) is 27. The van der Waals surface area contributed by atoms with Crippen LogP contribution in [0.2, 0.25) is 0 Å². The molecular formula is C94H123F3N22O18S. The van der Waals surface area contributed by atoms with Gasteiger partial charge in [-0.05, 0) is 213 Å². The number of pyridine rings is 1. The summed E-state index contributed by atoms with van der Waals surface area (Å²) < 4.78 is 55.5. The number of nitrogens with zero attached hydrogens (tertiary/aromatic N) is 16. The van der Waals surface area contributed by atoms with Gasteiger partial charge in [-0.2, -0.15) is 38.9 Å². The first-order valence-corrected chi connectivity index (χ1v) is 48.4. The van der Waals surface area contributed by atoms with Crippen LogP contribution in [0, 0.1) is 17.8 Å². The first kappa shape index (κ1) is 101. The van der Waals surface area contributed by atoms with E-state index in [1.165, 1.54) is 36.3 Å². The zero-order valence-corrected chi connectivity index (χ0v) is 79.6. The fourth-order valence-corrected chi connectivity index (χ4v) is 19.8. The van der Waals surface area contributed by atoms with E-state index >= 15 is 0 Å². The van der Waals surface area contributed by atoms with Crippen LogP contribution in [0.3, 0.4) is 0 Å². The monoisotopic (exact) mass is 1940 g/mol. The third kappa shape index (κ3) is 25.0. The number of allylic oxidation sites excluding steroid dienone is 1. The molecule has 40 nitrogen and oxygen atoms in total. The number of fused-ring (bicyclic) bond motifs is 6. The van der Waals surface area contributed by atoms with Crippen LogP contribution in [0.5, 0.6) is 0 Å². The smallest absolute Gasteiger partial charge is 0.416 e. The molecule has 5 saturated heterocycles. The molecule has 11 heterocycles. The van der Waals surface area contributed by atoms with Crippen molar-refractivity contribution in [1.82, 2.24) is 112 Å². The Hall–Kier alpha value is -12.5. The fourth-order valence-electron chi connectivity index (χ4n) is 19.1. The number of benzene rings is 2. The number of halogens is 3. The maximum Gasteiger partial charge on any atom is 0.416 e. The number of carboxylic acid groups (broad SMARTS) is 3. The standard InChI is InChI=1S/C34H45N7O6S.C31H40F3N7O6.C29H38N8O6/c1-33(2,3)47-32(46)35-26-10-8-6-4-5-7-9-24-18-34(24,31(44)45)36-29(42)27-17-25(19-40(27)30(26)43)41-38-28(37-39-41)22-13-11-21(12-14-22)23-15-16-48-20-23;1-29(2,3)47-28(46)35-22-10-8-6-4-5-7-9-20-16-30(20,27(44)45)36-25(42)23-15-21(17-40(23)26(22)43)41-38-24(37-39-41)18-11-13-19(14-12-18)31(32,33)34;1-28(2,3)43-27(42)31-21-13-8-6-4-5-7-11-18-16-29(18,26(40)41)32-24(38)22-15-19(17-36(22)25(21)39)37-34-23(33-35-37)20-12-9-10-14-30-20/h11-16,20,24-27,30,43H,4-10,17-19H2,1-3H3,(H,35,46)(H,36,42)(H,44,45);11-14,20-23H,4-10,15-17H2,1-3H3,(H,35,46)(H,36,42)(H,44,45);7,9-12,14,18-19,21-22H,4-6,8,13,15-17H2,1-3H3,(H,31,42)(H,32,38)(H,40,41)/b;;11-7-/t24-,25+,26-,27+,30-,34+;20-,21?,22-,23+,30+;18-,19+,21-,22+,29+/m111/s1. The van der Waals surface area contributed by atoms with Gasteiger partial charge in [0.1, 0.15) is 69.5 Å². The molecule has 44 heteroatoms. The van der Waals surface area contributed by atoms with Crippen molar-refractivity contribution in [2.75, 3.05) is 19.6 Å². The number of alkyl carbamates (subject to hydrolysis) is 3. The van der Waals surface area contributed by atoms with Gasteiger partial charge in [0.25, 0.3) is 0 Å². The number of aliphatic hydroxyl groups is 1. The Morgan fingerprint density at radius 2 is 0.891 bits per heavy atom. The number of aliphatic hydroxyl groups excluding tert-OH is 1. The zero-order chi connectivity index (χ0) is 99.0. The summed E-state index contributed by atoms with van der Waals surface area (Å²) in [7, 11) is 0. The van der Waals surface area contributed by atoms with E-state index in [-0.39, 0.29) is 74.5 Å². The van der Waals surface area contributed by atoms with Crippen LogP contribution < -0.4 is 31.9 Å². The zero-order valence-electron chi connectivity index (χ0n) is 78.8. The topological polar surface area (TPSA) is 522 Å². The summed E-state index contributed by atoms with van der Waals surface area (Å²) in [5, 5.41) is 101. The second-order valence-electron chi connectivity index (χ2n) is 40.3. The Balaban J connectivity index is 0.000000166. The Morgan fingerprint density at radius 1 is 0.471 bits per heavy atom. The Morgan fingerprint density at radius 3 is 1.36 bits per heavy atom. The van der Waals surface area contributed by atoms with Crippen molar-refractivity contribution in [3.05, 3.63) is 107 Å². The number of alkyl halides is 3. The summed E-state index contributed by atoms with van der Waals surface area (Å²) >= 11 is 1.63. The normalized spacial score (nSPS) is 28.3. The molecule has 7 aromatic rings. The lowest BCUT2D eigenvalue weighted by Gasteiger charge is -2.35. The van der Waals surface area contributed by atoms with Gasteiger partial charge in [-0.15, -0.1) is 30.6 Å². The van der Waals surface area contributed by atoms with Crippen molar-refractivity contribution in [1.29, 1.82) is 0 Å². The van der Waals surface area contributed by atoms with Crippen LogP contribution in [-0.4, -0.2) is 262 Å².